The topological polar surface area (TPSA) is 90.0 Å². The van der Waals surface area contributed by atoms with Gasteiger partial charge in [-0.15, -0.1) is 0 Å². The lowest BCUT2D eigenvalue weighted by molar-refractivity contribution is -0.145. The van der Waals surface area contributed by atoms with Crippen molar-refractivity contribution in [3.8, 4) is 0 Å². The summed E-state index contributed by atoms with van der Waals surface area (Å²) in [6.07, 6.45) is 1.03. The molecule has 1 aliphatic heterocycles. The Kier molecular flexibility index (Phi) is 6.61. The number of carbonyl (C=O) groups excluding carboxylic acids is 2. The maximum absolute atomic E-state index is 12.1. The van der Waals surface area contributed by atoms with Crippen LogP contribution in [0.3, 0.4) is 0 Å². The maximum atomic E-state index is 12.1. The minimum Gasteiger partial charge on any atom is -0.481 e. The molecule has 0 saturated carbocycles. The number of likely N-dealkylation sites (tertiary alicyclic amines) is 1. The van der Waals surface area contributed by atoms with Crippen molar-refractivity contribution in [3.63, 3.8) is 0 Å². The first-order valence-corrected chi connectivity index (χ1v) is 7.25. The Morgan fingerprint density at radius 3 is 2.38 bits per heavy atom. The molecule has 2 amide bonds. The Balaban J connectivity index is 2.36. The molecular weight excluding hydrogens is 274 g/mol. The third-order valence-corrected chi connectivity index (χ3v) is 3.88. The average molecular weight is 299 g/mol. The molecule has 0 spiro atoms. The Morgan fingerprint density at radius 2 is 1.90 bits per heavy atom. The summed E-state index contributed by atoms with van der Waals surface area (Å²) in [6, 6.07) is 0. The van der Waals surface area contributed by atoms with E-state index in [-0.39, 0.29) is 30.2 Å². The number of carboxylic acids is 1. The van der Waals surface area contributed by atoms with Gasteiger partial charge in [0.25, 0.3) is 0 Å². The Hall–Kier alpha value is -1.63. The minimum absolute atomic E-state index is 0.00885. The van der Waals surface area contributed by atoms with Crippen LogP contribution in [-0.2, 0) is 14.4 Å². The Labute approximate surface area is 125 Å². The zero-order chi connectivity index (χ0) is 16.0. The largest absolute Gasteiger partial charge is 0.481 e. The van der Waals surface area contributed by atoms with E-state index in [1.165, 1.54) is 0 Å². The van der Waals surface area contributed by atoms with Gasteiger partial charge < -0.3 is 15.3 Å². The number of carboxylic acid groups (broad SMARTS) is 1. The monoisotopic (exact) mass is 299 g/mol. The van der Waals surface area contributed by atoms with Crippen molar-refractivity contribution in [1.29, 1.82) is 0 Å². The van der Waals surface area contributed by atoms with Crippen LogP contribution >= 0.6 is 0 Å². The van der Waals surface area contributed by atoms with E-state index in [9.17, 15) is 14.4 Å². The highest BCUT2D eigenvalue weighted by molar-refractivity contribution is 5.80. The molecule has 0 aromatic heterocycles. The van der Waals surface area contributed by atoms with Gasteiger partial charge in [0.2, 0.25) is 11.8 Å². The van der Waals surface area contributed by atoms with Gasteiger partial charge in [0.15, 0.2) is 0 Å². The molecule has 0 aromatic carbocycles. The van der Waals surface area contributed by atoms with Crippen LogP contribution in [0.2, 0.25) is 0 Å². The second-order valence-corrected chi connectivity index (χ2v) is 5.71. The molecule has 0 aromatic rings. The molecule has 120 valence electrons. The Morgan fingerprint density at radius 1 is 1.33 bits per heavy atom. The van der Waals surface area contributed by atoms with Crippen LogP contribution in [0.15, 0.2) is 0 Å². The van der Waals surface area contributed by atoms with Gasteiger partial charge in [0.05, 0.1) is 12.5 Å². The smallest absolute Gasteiger partial charge is 0.306 e. The second kappa shape index (κ2) is 7.97. The van der Waals surface area contributed by atoms with Gasteiger partial charge in [-0.05, 0) is 19.9 Å². The van der Waals surface area contributed by atoms with Gasteiger partial charge in [0.1, 0.15) is 0 Å². The molecule has 1 aliphatic rings. The van der Waals surface area contributed by atoms with Crippen molar-refractivity contribution in [2.24, 2.45) is 11.8 Å². The van der Waals surface area contributed by atoms with E-state index in [0.717, 1.165) is 0 Å². The van der Waals surface area contributed by atoms with Crippen LogP contribution in [0.5, 0.6) is 0 Å². The SMILES string of the molecule is CNC(=O)C(C)CN(C)CC(=O)N1CCC(C(=O)O)CC1. The molecule has 1 unspecified atom stereocenters. The molecule has 7 nitrogen and oxygen atoms in total. The molecule has 0 bridgehead atoms. The normalized spacial score (nSPS) is 17.6. The number of aliphatic carboxylic acids is 1. The summed E-state index contributed by atoms with van der Waals surface area (Å²) in [6.45, 7) is 3.57. The summed E-state index contributed by atoms with van der Waals surface area (Å²) >= 11 is 0. The molecule has 1 saturated heterocycles. The van der Waals surface area contributed by atoms with E-state index in [1.807, 2.05) is 11.8 Å². The van der Waals surface area contributed by atoms with Gasteiger partial charge in [0, 0.05) is 32.6 Å². The van der Waals surface area contributed by atoms with Crippen LogP contribution in [0, 0.1) is 11.8 Å². The summed E-state index contributed by atoms with van der Waals surface area (Å²) < 4.78 is 0. The van der Waals surface area contributed by atoms with E-state index in [2.05, 4.69) is 5.32 Å². The quantitative estimate of drug-likeness (QED) is 0.698. The number of hydrogen-bond acceptors (Lipinski definition) is 4. The molecule has 0 radical (unpaired) electrons. The molecule has 21 heavy (non-hydrogen) atoms. The highest BCUT2D eigenvalue weighted by Gasteiger charge is 2.27. The minimum atomic E-state index is -0.779. The highest BCUT2D eigenvalue weighted by atomic mass is 16.4. The van der Waals surface area contributed by atoms with Crippen molar-refractivity contribution < 1.29 is 19.5 Å². The molecule has 1 atom stereocenters. The summed E-state index contributed by atoms with van der Waals surface area (Å²) in [7, 11) is 3.40. The number of likely N-dealkylation sites (N-methyl/N-ethyl adjacent to an activating group) is 1. The lowest BCUT2D eigenvalue weighted by atomic mass is 9.97. The number of nitrogens with one attached hydrogen (secondary N) is 1. The summed E-state index contributed by atoms with van der Waals surface area (Å²) in [5.74, 6) is -1.34. The first-order chi connectivity index (χ1) is 9.85. The molecule has 0 aliphatic carbocycles. The van der Waals surface area contributed by atoms with Gasteiger partial charge in [-0.1, -0.05) is 6.92 Å². The predicted octanol–water partition coefficient (Wildman–Crippen LogP) is -0.376. The first kappa shape index (κ1) is 17.4. The molecule has 1 fully saturated rings. The van der Waals surface area contributed by atoms with Gasteiger partial charge in [-0.3, -0.25) is 19.3 Å². The third-order valence-electron chi connectivity index (χ3n) is 3.88. The average Bonchev–Trinajstić information content (AvgIpc) is 2.46. The fourth-order valence-corrected chi connectivity index (χ4v) is 2.57. The summed E-state index contributed by atoms with van der Waals surface area (Å²) in [5.41, 5.74) is 0. The van der Waals surface area contributed by atoms with Crippen LogP contribution in [-0.4, -0.2) is 73.0 Å². The summed E-state index contributed by atoms with van der Waals surface area (Å²) in [4.78, 5) is 38.0. The fourth-order valence-electron chi connectivity index (χ4n) is 2.57. The van der Waals surface area contributed by atoms with E-state index in [4.69, 9.17) is 5.11 Å². The van der Waals surface area contributed by atoms with Crippen LogP contribution < -0.4 is 5.32 Å². The zero-order valence-electron chi connectivity index (χ0n) is 13.0. The fraction of sp³-hybridized carbons (Fsp3) is 0.786. The molecule has 1 heterocycles. The molecule has 2 N–H and O–H groups in total. The van der Waals surface area contributed by atoms with Crippen LogP contribution in [0.25, 0.3) is 0 Å². The number of amides is 2. The van der Waals surface area contributed by atoms with Gasteiger partial charge >= 0.3 is 5.97 Å². The van der Waals surface area contributed by atoms with Crippen molar-refractivity contribution in [2.75, 3.05) is 40.3 Å². The highest BCUT2D eigenvalue weighted by Crippen LogP contribution is 2.17. The molecule has 1 rings (SSSR count). The van der Waals surface area contributed by atoms with E-state index in [1.54, 1.807) is 19.0 Å². The van der Waals surface area contributed by atoms with Gasteiger partial charge in [-0.2, -0.15) is 0 Å². The lowest BCUT2D eigenvalue weighted by Gasteiger charge is -2.31. The lowest BCUT2D eigenvalue weighted by Crippen LogP contribution is -2.45. The van der Waals surface area contributed by atoms with E-state index < -0.39 is 5.97 Å². The van der Waals surface area contributed by atoms with E-state index in [0.29, 0.717) is 32.5 Å². The second-order valence-electron chi connectivity index (χ2n) is 5.71. The summed E-state index contributed by atoms with van der Waals surface area (Å²) in [5, 5.41) is 11.5. The Bertz CT molecular complexity index is 392. The maximum Gasteiger partial charge on any atom is 0.306 e. The number of piperidine rings is 1. The first-order valence-electron chi connectivity index (χ1n) is 7.25. The predicted molar refractivity (Wildman–Crippen MR) is 77.7 cm³/mol. The zero-order valence-corrected chi connectivity index (χ0v) is 13.0. The van der Waals surface area contributed by atoms with Gasteiger partial charge in [-0.25, -0.2) is 0 Å². The number of rotatable bonds is 6. The number of nitrogens with zero attached hydrogens (tertiary/aromatic N) is 2. The van der Waals surface area contributed by atoms with Crippen LogP contribution in [0.4, 0.5) is 0 Å². The van der Waals surface area contributed by atoms with Crippen molar-refractivity contribution in [3.05, 3.63) is 0 Å². The number of hydrogen-bond donors (Lipinski definition) is 2. The molecular formula is C14H25N3O4. The van der Waals surface area contributed by atoms with Crippen LogP contribution in [0.1, 0.15) is 19.8 Å². The van der Waals surface area contributed by atoms with Crippen molar-refractivity contribution in [2.45, 2.75) is 19.8 Å². The van der Waals surface area contributed by atoms with Crippen molar-refractivity contribution >= 4 is 17.8 Å². The molecule has 7 heteroatoms. The van der Waals surface area contributed by atoms with Crippen molar-refractivity contribution in [1.82, 2.24) is 15.1 Å². The third kappa shape index (κ3) is 5.34. The van der Waals surface area contributed by atoms with E-state index >= 15 is 0 Å². The standard InChI is InChI=1S/C14H25N3O4/c1-10(13(19)15-2)8-16(3)9-12(18)17-6-4-11(5-7-17)14(20)21/h10-11H,4-9H2,1-3H3,(H,15,19)(H,20,21). The number of carbonyl (C=O) groups is 3.